The lowest BCUT2D eigenvalue weighted by atomic mass is 10.1. The van der Waals surface area contributed by atoms with Crippen molar-refractivity contribution < 1.29 is 23.6 Å². The maximum atomic E-state index is 14.0. The van der Waals surface area contributed by atoms with E-state index in [1.165, 1.54) is 32.3 Å². The van der Waals surface area contributed by atoms with Crippen LogP contribution >= 0.6 is 19.0 Å². The quantitative estimate of drug-likeness (QED) is 0.238. The molecule has 0 aliphatic carbocycles. The average Bonchev–Trinajstić information content (AvgIpc) is 3.21. The number of fused-ring (bicyclic) bond motifs is 1. The fourth-order valence-corrected chi connectivity index (χ4v) is 5.60. The van der Waals surface area contributed by atoms with E-state index in [1.807, 2.05) is 0 Å². The van der Waals surface area contributed by atoms with Gasteiger partial charge in [0, 0.05) is 10.6 Å². The highest BCUT2D eigenvalue weighted by Crippen LogP contribution is 2.40. The topological polar surface area (TPSA) is 163 Å². The van der Waals surface area contributed by atoms with Gasteiger partial charge >= 0.3 is 5.97 Å². The molecule has 1 aromatic carbocycles. The number of anilines is 1. The largest absolute Gasteiger partial charge is 0.462 e. The molecule has 2 aromatic heterocycles. The van der Waals surface area contributed by atoms with Gasteiger partial charge < -0.3 is 19.8 Å². The monoisotopic (exact) mass is 551 g/mol. The molecule has 2 atom stereocenters. The third-order valence-electron chi connectivity index (χ3n) is 5.13. The zero-order valence-electron chi connectivity index (χ0n) is 21.3. The molecule has 12 nitrogen and oxygen atoms in total. The van der Waals surface area contributed by atoms with Crippen molar-refractivity contribution in [2.24, 2.45) is 0 Å². The van der Waals surface area contributed by atoms with Crippen LogP contribution in [0.1, 0.15) is 45.0 Å². The Kier molecular flexibility index (Phi) is 8.91. The van der Waals surface area contributed by atoms with Crippen LogP contribution in [0.2, 0.25) is 5.02 Å². The van der Waals surface area contributed by atoms with Gasteiger partial charge in [-0.1, -0.05) is 11.6 Å². The third-order valence-corrected chi connectivity index (χ3v) is 7.38. The molecule has 37 heavy (non-hydrogen) atoms. The molecule has 14 heteroatoms. The third kappa shape index (κ3) is 7.48. The number of nitrogens with two attached hydrogens (primary N) is 1. The maximum absolute atomic E-state index is 14.0. The summed E-state index contributed by atoms with van der Waals surface area (Å²) >= 11 is 5.91. The number of amides is 1. The molecule has 0 spiro atoms. The van der Waals surface area contributed by atoms with E-state index in [1.54, 1.807) is 43.8 Å². The molecule has 0 saturated carbocycles. The molecule has 0 bridgehead atoms. The van der Waals surface area contributed by atoms with Gasteiger partial charge in [0.1, 0.15) is 23.7 Å². The zero-order valence-corrected chi connectivity index (χ0v) is 22.9. The number of rotatable bonds is 11. The Labute approximate surface area is 219 Å². The van der Waals surface area contributed by atoms with Crippen LogP contribution in [0.3, 0.4) is 0 Å². The first-order chi connectivity index (χ1) is 17.3. The molecule has 0 aliphatic heterocycles. The van der Waals surface area contributed by atoms with Crippen molar-refractivity contribution in [3.05, 3.63) is 47.5 Å². The number of carbonyl (C=O) groups is 2. The number of halogens is 1. The molecule has 0 saturated heterocycles. The van der Waals surface area contributed by atoms with Crippen molar-refractivity contribution >= 4 is 47.9 Å². The number of aromatic nitrogens is 4. The summed E-state index contributed by atoms with van der Waals surface area (Å²) in [7, 11) is -3.85. The fourth-order valence-electron chi connectivity index (χ4n) is 3.38. The maximum Gasteiger partial charge on any atom is 0.326 e. The first kappa shape index (κ1) is 28.5. The summed E-state index contributed by atoms with van der Waals surface area (Å²) in [5, 5.41) is 5.75. The Morgan fingerprint density at radius 3 is 2.49 bits per heavy atom. The molecule has 0 fully saturated rings. The van der Waals surface area contributed by atoms with Gasteiger partial charge in [0.05, 0.1) is 25.1 Å². The zero-order chi connectivity index (χ0) is 27.4. The fraction of sp³-hybridized carbons (Fsp3) is 0.435. The van der Waals surface area contributed by atoms with Crippen molar-refractivity contribution in [2.75, 3.05) is 12.1 Å². The minimum absolute atomic E-state index is 0.240. The molecule has 200 valence electrons. The van der Waals surface area contributed by atoms with Gasteiger partial charge in [-0.3, -0.25) is 19.2 Å². The van der Waals surface area contributed by atoms with E-state index in [0.29, 0.717) is 22.7 Å². The van der Waals surface area contributed by atoms with E-state index in [9.17, 15) is 14.2 Å². The Balaban J connectivity index is 1.77. The molecule has 3 rings (SSSR count). The number of hydrogen-bond acceptors (Lipinski definition) is 9. The van der Waals surface area contributed by atoms with Gasteiger partial charge in [-0.15, -0.1) is 0 Å². The Hall–Kier alpha value is -3.05. The van der Waals surface area contributed by atoms with Crippen LogP contribution in [0.4, 0.5) is 5.82 Å². The highest BCUT2D eigenvalue weighted by Gasteiger charge is 2.39. The average molecular weight is 552 g/mol. The first-order valence-electron chi connectivity index (χ1n) is 11.5. The Morgan fingerprint density at radius 1 is 1.16 bits per heavy atom. The SMILES string of the molecule is CC(C)OC(=O)C(C)(C)NP(=O)(CO[C@@H](C)Cn1cnc2c(N)ncnc21)NC(=O)c1ccc(Cl)cc1. The summed E-state index contributed by atoms with van der Waals surface area (Å²) in [6.45, 7) is 8.52. The normalized spacial score (nSPS) is 14.4. The summed E-state index contributed by atoms with van der Waals surface area (Å²) < 4.78 is 26.9. The molecule has 4 N–H and O–H groups in total. The van der Waals surface area contributed by atoms with Crippen LogP contribution in [0.15, 0.2) is 36.9 Å². The van der Waals surface area contributed by atoms with E-state index < -0.39 is 37.3 Å². The van der Waals surface area contributed by atoms with Crippen molar-refractivity contribution in [1.82, 2.24) is 29.7 Å². The number of nitrogens with one attached hydrogen (secondary N) is 2. The van der Waals surface area contributed by atoms with Gasteiger partial charge in [0.25, 0.3) is 13.4 Å². The van der Waals surface area contributed by atoms with Crippen molar-refractivity contribution in [1.29, 1.82) is 0 Å². The van der Waals surface area contributed by atoms with Crippen LogP contribution in [0.25, 0.3) is 11.2 Å². The molecule has 1 unspecified atom stereocenters. The lowest BCUT2D eigenvalue weighted by molar-refractivity contribution is -0.153. The van der Waals surface area contributed by atoms with Gasteiger partial charge in [-0.25, -0.2) is 20.0 Å². The van der Waals surface area contributed by atoms with E-state index in [0.717, 1.165) is 0 Å². The smallest absolute Gasteiger partial charge is 0.326 e. The second kappa shape index (κ2) is 11.6. The molecule has 2 heterocycles. The van der Waals surface area contributed by atoms with Gasteiger partial charge in [-0.05, 0) is 58.9 Å². The van der Waals surface area contributed by atoms with Gasteiger partial charge in [-0.2, -0.15) is 0 Å². The minimum Gasteiger partial charge on any atom is -0.462 e. The highest BCUT2D eigenvalue weighted by atomic mass is 35.5. The molecule has 0 radical (unpaired) electrons. The van der Waals surface area contributed by atoms with Gasteiger partial charge in [0.15, 0.2) is 11.5 Å². The van der Waals surface area contributed by atoms with E-state index in [4.69, 9.17) is 26.8 Å². The van der Waals surface area contributed by atoms with Crippen molar-refractivity contribution in [3.8, 4) is 0 Å². The first-order valence-corrected chi connectivity index (χ1v) is 13.8. The van der Waals surface area contributed by atoms with Crippen molar-refractivity contribution in [3.63, 3.8) is 0 Å². The van der Waals surface area contributed by atoms with Gasteiger partial charge in [0.2, 0.25) is 0 Å². The number of esters is 1. The number of nitrogen functional groups attached to an aromatic ring is 1. The molecule has 0 aliphatic rings. The summed E-state index contributed by atoms with van der Waals surface area (Å²) in [4.78, 5) is 37.9. The summed E-state index contributed by atoms with van der Waals surface area (Å²) in [6, 6.07) is 6.09. The van der Waals surface area contributed by atoms with Crippen LogP contribution in [-0.4, -0.2) is 55.5 Å². The number of hydrogen-bond donors (Lipinski definition) is 3. The number of benzene rings is 1. The summed E-state index contributed by atoms with van der Waals surface area (Å²) in [6.07, 6.45) is 1.62. The standard InChI is InChI=1S/C23H31ClN7O5P/c1-14(2)36-22(33)23(4,5)30-37(34,29-21(32)16-6-8-17(24)9-7-16)13-35-15(3)10-31-12-28-18-19(25)26-11-27-20(18)31/h6-9,11-12,14-15H,10,13H2,1-5H3,(H2,25,26,27)(H2,29,30,32,34)/t15-,37?/m0/s1. The van der Waals surface area contributed by atoms with E-state index in [2.05, 4.69) is 25.1 Å². The predicted molar refractivity (Wildman–Crippen MR) is 140 cm³/mol. The Bertz CT molecular complexity index is 1310. The number of nitrogens with zero attached hydrogens (tertiary/aromatic N) is 4. The lowest BCUT2D eigenvalue weighted by Gasteiger charge is -2.31. The number of carbonyl (C=O) groups excluding carboxylic acids is 2. The predicted octanol–water partition coefficient (Wildman–Crippen LogP) is 3.37. The summed E-state index contributed by atoms with van der Waals surface area (Å²) in [5.74, 6) is -0.991. The van der Waals surface area contributed by atoms with Crippen LogP contribution in [-0.2, 0) is 25.4 Å². The van der Waals surface area contributed by atoms with Crippen LogP contribution in [0, 0.1) is 0 Å². The highest BCUT2D eigenvalue weighted by molar-refractivity contribution is 7.60. The van der Waals surface area contributed by atoms with E-state index in [-0.39, 0.29) is 17.5 Å². The Morgan fingerprint density at radius 2 is 1.84 bits per heavy atom. The second-order valence-corrected chi connectivity index (χ2v) is 11.9. The van der Waals surface area contributed by atoms with Crippen LogP contribution < -0.4 is 15.9 Å². The molecular weight excluding hydrogens is 521 g/mol. The summed E-state index contributed by atoms with van der Waals surface area (Å²) in [5.41, 5.74) is 5.68. The minimum atomic E-state index is -3.85. The second-order valence-electron chi connectivity index (χ2n) is 9.31. The lowest BCUT2D eigenvalue weighted by Crippen LogP contribution is -2.49. The van der Waals surface area contributed by atoms with E-state index >= 15 is 0 Å². The van der Waals surface area contributed by atoms with Crippen molar-refractivity contribution in [2.45, 2.75) is 58.9 Å². The molecule has 1 amide bonds. The molecule has 3 aromatic rings. The molecular formula is C23H31ClN7O5P. The number of imidazole rings is 1. The van der Waals surface area contributed by atoms with Crippen LogP contribution in [0.5, 0.6) is 0 Å². The number of ether oxygens (including phenoxy) is 2.